The Bertz CT molecular complexity index is 388. The van der Waals surface area contributed by atoms with Crippen LogP contribution in [0.5, 0.6) is 5.75 Å². The molecule has 3 nitrogen and oxygen atoms in total. The first kappa shape index (κ1) is 13.4. The number of aryl methyl sites for hydroxylation is 2. The van der Waals surface area contributed by atoms with Crippen LogP contribution < -0.4 is 10.1 Å². The summed E-state index contributed by atoms with van der Waals surface area (Å²) in [7, 11) is 0. The molecule has 1 aliphatic carbocycles. The zero-order chi connectivity index (χ0) is 13.0. The van der Waals surface area contributed by atoms with Gasteiger partial charge in [0.1, 0.15) is 5.75 Å². The van der Waals surface area contributed by atoms with Crippen molar-refractivity contribution >= 4 is 0 Å². The maximum Gasteiger partial charge on any atom is 0.122 e. The summed E-state index contributed by atoms with van der Waals surface area (Å²) in [5, 5.41) is 12.7. The molecule has 1 aromatic rings. The van der Waals surface area contributed by atoms with Crippen molar-refractivity contribution in [1.82, 2.24) is 5.32 Å². The second kappa shape index (κ2) is 6.21. The van der Waals surface area contributed by atoms with Gasteiger partial charge >= 0.3 is 0 Å². The van der Waals surface area contributed by atoms with Gasteiger partial charge in [-0.05, 0) is 44.7 Å². The van der Waals surface area contributed by atoms with Gasteiger partial charge in [0.05, 0.1) is 13.2 Å². The van der Waals surface area contributed by atoms with E-state index in [9.17, 15) is 5.11 Å². The summed E-state index contributed by atoms with van der Waals surface area (Å²) in [4.78, 5) is 0. The zero-order valence-electron chi connectivity index (χ0n) is 11.3. The van der Waals surface area contributed by atoms with E-state index >= 15 is 0 Å². The Hall–Kier alpha value is -1.06. The minimum Gasteiger partial charge on any atom is -0.493 e. The molecule has 1 atom stereocenters. The Morgan fingerprint density at radius 3 is 2.78 bits per heavy atom. The lowest BCUT2D eigenvalue weighted by Gasteiger charge is -2.16. The Kier molecular flexibility index (Phi) is 4.61. The van der Waals surface area contributed by atoms with Crippen LogP contribution in [0.25, 0.3) is 0 Å². The van der Waals surface area contributed by atoms with Crippen molar-refractivity contribution in [2.75, 3.05) is 13.2 Å². The van der Waals surface area contributed by atoms with Crippen LogP contribution in [0.4, 0.5) is 0 Å². The molecule has 1 aromatic carbocycles. The van der Waals surface area contributed by atoms with Gasteiger partial charge in [0, 0.05) is 12.1 Å². The molecule has 1 unspecified atom stereocenters. The number of hydrogen-bond donors (Lipinski definition) is 2. The Morgan fingerprint density at radius 1 is 1.39 bits per heavy atom. The monoisotopic (exact) mass is 249 g/mol. The van der Waals surface area contributed by atoms with Gasteiger partial charge in [0.15, 0.2) is 0 Å². The van der Waals surface area contributed by atoms with Gasteiger partial charge in [-0.25, -0.2) is 0 Å². The summed E-state index contributed by atoms with van der Waals surface area (Å²) >= 11 is 0. The minimum absolute atomic E-state index is 0.170. The summed E-state index contributed by atoms with van der Waals surface area (Å²) < 4.78 is 5.77. The van der Waals surface area contributed by atoms with Crippen molar-refractivity contribution in [3.8, 4) is 5.75 Å². The van der Waals surface area contributed by atoms with Crippen LogP contribution in [0.3, 0.4) is 0 Å². The Labute approximate surface area is 109 Å². The summed E-state index contributed by atoms with van der Waals surface area (Å²) in [6.45, 7) is 4.98. The molecule has 0 radical (unpaired) electrons. The van der Waals surface area contributed by atoms with Gasteiger partial charge in [0.2, 0.25) is 0 Å². The van der Waals surface area contributed by atoms with Crippen molar-refractivity contribution in [1.29, 1.82) is 0 Å². The van der Waals surface area contributed by atoms with E-state index in [4.69, 9.17) is 4.74 Å². The molecule has 0 spiro atoms. The third-order valence-electron chi connectivity index (χ3n) is 3.32. The molecule has 1 fully saturated rings. The molecule has 0 bridgehead atoms. The maximum absolute atomic E-state index is 9.27. The van der Waals surface area contributed by atoms with E-state index < -0.39 is 0 Å². The smallest absolute Gasteiger partial charge is 0.122 e. The molecule has 0 aliphatic heterocycles. The average molecular weight is 249 g/mol. The molecule has 18 heavy (non-hydrogen) atoms. The van der Waals surface area contributed by atoms with Crippen LogP contribution in [0.2, 0.25) is 0 Å². The fraction of sp³-hybridized carbons (Fsp3) is 0.600. The Balaban J connectivity index is 1.76. The largest absolute Gasteiger partial charge is 0.493 e. The van der Waals surface area contributed by atoms with Crippen LogP contribution >= 0.6 is 0 Å². The number of aliphatic hydroxyl groups is 1. The van der Waals surface area contributed by atoms with E-state index in [-0.39, 0.29) is 12.6 Å². The lowest BCUT2D eigenvalue weighted by atomic mass is 10.1. The van der Waals surface area contributed by atoms with Crippen molar-refractivity contribution in [2.24, 2.45) is 0 Å². The van der Waals surface area contributed by atoms with Crippen molar-refractivity contribution in [2.45, 2.75) is 45.2 Å². The second-order valence-electron chi connectivity index (χ2n) is 5.23. The third kappa shape index (κ3) is 4.00. The number of hydrogen-bond acceptors (Lipinski definition) is 3. The number of ether oxygens (including phenoxy) is 1. The quantitative estimate of drug-likeness (QED) is 0.778. The molecular formula is C15H23NO2. The maximum atomic E-state index is 9.27. The van der Waals surface area contributed by atoms with Crippen LogP contribution in [0.1, 0.15) is 30.4 Å². The number of nitrogens with one attached hydrogen (secondary N) is 1. The summed E-state index contributed by atoms with van der Waals surface area (Å²) in [5.41, 5.74) is 2.43. The molecule has 1 saturated carbocycles. The molecular weight excluding hydrogens is 226 g/mol. The van der Waals surface area contributed by atoms with Crippen molar-refractivity contribution < 1.29 is 9.84 Å². The van der Waals surface area contributed by atoms with E-state index in [1.807, 2.05) is 6.07 Å². The van der Waals surface area contributed by atoms with Gasteiger partial charge in [-0.1, -0.05) is 17.7 Å². The van der Waals surface area contributed by atoms with Crippen LogP contribution in [0.15, 0.2) is 18.2 Å². The highest BCUT2D eigenvalue weighted by Crippen LogP contribution is 2.21. The molecule has 0 heterocycles. The summed E-state index contributed by atoms with van der Waals surface area (Å²) in [5.74, 6) is 0.948. The van der Waals surface area contributed by atoms with E-state index in [0.29, 0.717) is 12.6 Å². The first-order valence-corrected chi connectivity index (χ1v) is 6.76. The molecule has 100 valence electrons. The average Bonchev–Trinajstić information content (AvgIpc) is 3.14. The van der Waals surface area contributed by atoms with Gasteiger partial charge in [0.25, 0.3) is 0 Å². The molecule has 0 amide bonds. The number of rotatable bonds is 7. The number of benzene rings is 1. The number of aliphatic hydroxyl groups excluding tert-OH is 1. The highest BCUT2D eigenvalue weighted by atomic mass is 16.5. The van der Waals surface area contributed by atoms with Gasteiger partial charge < -0.3 is 15.2 Å². The van der Waals surface area contributed by atoms with E-state index in [1.54, 1.807) is 0 Å². The normalized spacial score (nSPS) is 16.6. The predicted octanol–water partition coefficient (Wildman–Crippen LogP) is 2.19. The second-order valence-corrected chi connectivity index (χ2v) is 5.23. The topological polar surface area (TPSA) is 41.5 Å². The zero-order valence-corrected chi connectivity index (χ0v) is 11.3. The van der Waals surface area contributed by atoms with Crippen LogP contribution in [0, 0.1) is 13.8 Å². The fourth-order valence-corrected chi connectivity index (χ4v) is 2.08. The summed E-state index contributed by atoms with van der Waals surface area (Å²) in [6.07, 6.45) is 3.34. The molecule has 0 aromatic heterocycles. The molecule has 2 rings (SSSR count). The van der Waals surface area contributed by atoms with Gasteiger partial charge in [-0.2, -0.15) is 0 Å². The van der Waals surface area contributed by atoms with Crippen molar-refractivity contribution in [3.05, 3.63) is 29.3 Å². The SMILES string of the molecule is Cc1ccc(OCCC(CO)NC2CC2)c(C)c1. The van der Waals surface area contributed by atoms with Gasteiger partial charge in [-0.3, -0.25) is 0 Å². The standard InChI is InChI=1S/C15H23NO2/c1-11-3-6-15(12(2)9-11)18-8-7-14(10-17)16-13-4-5-13/h3,6,9,13-14,16-17H,4-5,7-8,10H2,1-2H3. The molecule has 2 N–H and O–H groups in total. The first-order valence-electron chi connectivity index (χ1n) is 6.76. The van der Waals surface area contributed by atoms with E-state index in [1.165, 1.54) is 24.0 Å². The van der Waals surface area contributed by atoms with Crippen LogP contribution in [-0.2, 0) is 0 Å². The lowest BCUT2D eigenvalue weighted by molar-refractivity contribution is 0.207. The fourth-order valence-electron chi connectivity index (χ4n) is 2.08. The van der Waals surface area contributed by atoms with Gasteiger partial charge in [-0.15, -0.1) is 0 Å². The van der Waals surface area contributed by atoms with Crippen LogP contribution in [-0.4, -0.2) is 30.4 Å². The van der Waals surface area contributed by atoms with E-state index in [0.717, 1.165) is 12.2 Å². The minimum atomic E-state index is 0.170. The lowest BCUT2D eigenvalue weighted by Crippen LogP contribution is -2.35. The predicted molar refractivity (Wildman–Crippen MR) is 73.1 cm³/mol. The molecule has 0 saturated heterocycles. The van der Waals surface area contributed by atoms with E-state index in [2.05, 4.69) is 31.3 Å². The molecule has 1 aliphatic rings. The highest BCUT2D eigenvalue weighted by Gasteiger charge is 2.24. The summed E-state index contributed by atoms with van der Waals surface area (Å²) in [6, 6.07) is 7.01. The third-order valence-corrected chi connectivity index (χ3v) is 3.32. The highest BCUT2D eigenvalue weighted by molar-refractivity contribution is 5.35. The Morgan fingerprint density at radius 2 is 2.17 bits per heavy atom. The molecule has 3 heteroatoms. The first-order chi connectivity index (χ1) is 8.69. The van der Waals surface area contributed by atoms with Crippen molar-refractivity contribution in [3.63, 3.8) is 0 Å².